The smallest absolute Gasteiger partial charge is 0.264 e. The minimum Gasteiger partial charge on any atom is -0.369 e. The average Bonchev–Trinajstić information content (AvgIpc) is 3.93. The number of piperazine rings is 1. The Labute approximate surface area is 392 Å². The molecule has 67 heavy (non-hydrogen) atoms. The molecule has 1 atom stereocenters. The highest BCUT2D eigenvalue weighted by Crippen LogP contribution is 2.39. The minimum atomic E-state index is -2.69. The van der Waals surface area contributed by atoms with Crippen molar-refractivity contribution < 1.29 is 28.0 Å². The third-order valence-electron chi connectivity index (χ3n) is 15.4. The van der Waals surface area contributed by atoms with Crippen LogP contribution in [0.4, 0.5) is 14.5 Å². The summed E-state index contributed by atoms with van der Waals surface area (Å²) in [4.78, 5) is 63.1. The number of fused-ring (bicyclic) bond motifs is 2. The number of piperidine rings is 1. The molecule has 12 nitrogen and oxygen atoms in total. The van der Waals surface area contributed by atoms with Crippen LogP contribution in [0.15, 0.2) is 66.1 Å². The van der Waals surface area contributed by atoms with Crippen molar-refractivity contribution in [2.45, 2.75) is 129 Å². The van der Waals surface area contributed by atoms with Gasteiger partial charge >= 0.3 is 0 Å². The van der Waals surface area contributed by atoms with Gasteiger partial charge in [0.05, 0.1) is 0 Å². The van der Waals surface area contributed by atoms with Crippen LogP contribution in [-0.4, -0.2) is 105 Å². The first-order valence-electron chi connectivity index (χ1n) is 24.6. The fourth-order valence-corrected chi connectivity index (χ4v) is 11.5. The van der Waals surface area contributed by atoms with E-state index in [1.165, 1.54) is 5.57 Å². The molecule has 4 aromatic rings. The number of amides is 4. The summed E-state index contributed by atoms with van der Waals surface area (Å²) in [7, 11) is 0. The molecule has 354 valence electrons. The van der Waals surface area contributed by atoms with Gasteiger partial charge in [-0.2, -0.15) is 0 Å². The van der Waals surface area contributed by atoms with Gasteiger partial charge in [0.2, 0.25) is 17.7 Å². The highest BCUT2D eigenvalue weighted by Gasteiger charge is 2.40. The van der Waals surface area contributed by atoms with E-state index in [1.54, 1.807) is 24.1 Å². The van der Waals surface area contributed by atoms with Crippen LogP contribution < -0.4 is 10.2 Å². The lowest BCUT2D eigenvalue weighted by Gasteiger charge is -2.43. The number of hydrogen-bond acceptors (Lipinski definition) is 8. The van der Waals surface area contributed by atoms with Crippen molar-refractivity contribution in [1.29, 1.82) is 5.41 Å². The first-order valence-corrected chi connectivity index (χ1v) is 24.6. The number of carbonyl (C=O) groups excluding carboxylic acids is 4. The number of halogens is 2. The van der Waals surface area contributed by atoms with Crippen LogP contribution in [0, 0.1) is 11.3 Å². The maximum absolute atomic E-state index is 15.1. The predicted octanol–water partition coefficient (Wildman–Crippen LogP) is 8.49. The molecule has 2 saturated heterocycles. The molecule has 1 unspecified atom stereocenters. The quantitative estimate of drug-likeness (QED) is 0.0958. The Balaban J connectivity index is 0.853. The molecule has 0 spiro atoms. The number of aromatic nitrogens is 2. The van der Waals surface area contributed by atoms with Gasteiger partial charge < -0.3 is 24.5 Å². The van der Waals surface area contributed by atoms with Gasteiger partial charge in [-0.05, 0) is 139 Å². The van der Waals surface area contributed by atoms with Gasteiger partial charge in [-0.3, -0.25) is 29.4 Å². The molecular weight excluding hydrogens is 851 g/mol. The molecule has 1 saturated carbocycles. The Morgan fingerprint density at radius 2 is 1.67 bits per heavy atom. The third-order valence-corrected chi connectivity index (χ3v) is 15.4. The normalized spacial score (nSPS) is 21.7. The summed E-state index contributed by atoms with van der Waals surface area (Å²) in [5.41, 5.74) is 9.97. The second-order valence-corrected chi connectivity index (χ2v) is 19.4. The Kier molecular flexibility index (Phi) is 13.7. The van der Waals surface area contributed by atoms with Crippen LogP contribution in [0.3, 0.4) is 0 Å². The predicted molar refractivity (Wildman–Crippen MR) is 256 cm³/mol. The first kappa shape index (κ1) is 46.4. The Hall–Kier alpha value is -5.76. The summed E-state index contributed by atoms with van der Waals surface area (Å²) in [6.45, 7) is 10.8. The number of anilines is 1. The molecule has 3 fully saturated rings. The van der Waals surface area contributed by atoms with Gasteiger partial charge in [-0.1, -0.05) is 31.9 Å². The number of pyridine rings is 1. The van der Waals surface area contributed by atoms with Gasteiger partial charge in [0.1, 0.15) is 11.7 Å². The van der Waals surface area contributed by atoms with Crippen LogP contribution in [0.1, 0.15) is 130 Å². The zero-order chi connectivity index (χ0) is 46.9. The van der Waals surface area contributed by atoms with Crippen molar-refractivity contribution in [3.05, 3.63) is 99.5 Å². The highest BCUT2D eigenvalue weighted by atomic mass is 19.3. The van der Waals surface area contributed by atoms with Crippen molar-refractivity contribution in [3.63, 3.8) is 0 Å². The molecule has 14 heteroatoms. The number of hydrogen-bond donors (Lipinski definition) is 2. The number of imidazole rings is 1. The van der Waals surface area contributed by atoms with Crippen molar-refractivity contribution in [1.82, 2.24) is 29.4 Å². The number of benzene rings is 2. The van der Waals surface area contributed by atoms with Crippen molar-refractivity contribution in [3.8, 4) is 11.1 Å². The summed E-state index contributed by atoms with van der Waals surface area (Å²) in [6, 6.07) is 11.4. The maximum atomic E-state index is 15.1. The molecule has 5 aliphatic rings. The van der Waals surface area contributed by atoms with Crippen LogP contribution in [-0.2, 0) is 40.2 Å². The van der Waals surface area contributed by atoms with E-state index in [4.69, 9.17) is 0 Å². The molecule has 4 aliphatic heterocycles. The monoisotopic (exact) mass is 915 g/mol. The number of carbonyl (C=O) groups is 4. The number of imide groups is 1. The molecule has 0 bridgehead atoms. The SMILES string of the molecule is CCCCc1cc(-c2cc3nccn3cc2CC)c(C(F)F)cc1CC(=N)C1=C(CC2CCC(N3CCN(c4ccc5c(c4)CN(C4CCC(=O)NC4=O)C5=O)CC3)CC2)CCN(C(C)=O)C1. The lowest BCUT2D eigenvalue weighted by atomic mass is 9.78. The molecule has 4 amide bonds. The summed E-state index contributed by atoms with van der Waals surface area (Å²) in [6.07, 6.45) is 13.0. The van der Waals surface area contributed by atoms with Crippen molar-refractivity contribution in [2.24, 2.45) is 5.92 Å². The number of alkyl halides is 2. The van der Waals surface area contributed by atoms with E-state index in [0.717, 1.165) is 123 Å². The Morgan fingerprint density at radius 3 is 2.39 bits per heavy atom. The minimum absolute atomic E-state index is 0.0122. The number of unbranched alkanes of at least 4 members (excludes halogenated alkanes) is 1. The zero-order valence-electron chi connectivity index (χ0n) is 39.2. The van der Waals surface area contributed by atoms with Crippen LogP contribution in [0.5, 0.6) is 0 Å². The Morgan fingerprint density at radius 1 is 0.881 bits per heavy atom. The van der Waals surface area contributed by atoms with Gasteiger partial charge in [0.15, 0.2) is 0 Å². The van der Waals surface area contributed by atoms with Crippen LogP contribution in [0.25, 0.3) is 16.8 Å². The largest absolute Gasteiger partial charge is 0.369 e. The number of rotatable bonds is 14. The zero-order valence-corrected chi connectivity index (χ0v) is 39.2. The van der Waals surface area contributed by atoms with Crippen molar-refractivity contribution in [2.75, 3.05) is 44.2 Å². The maximum Gasteiger partial charge on any atom is 0.264 e. The van der Waals surface area contributed by atoms with E-state index in [-0.39, 0.29) is 36.1 Å². The Bertz CT molecular complexity index is 2610. The highest BCUT2D eigenvalue weighted by molar-refractivity contribution is 6.05. The van der Waals surface area contributed by atoms with E-state index in [2.05, 4.69) is 33.1 Å². The molecule has 2 N–H and O–H groups in total. The summed E-state index contributed by atoms with van der Waals surface area (Å²) in [5, 5.41) is 12.0. The molecule has 9 rings (SSSR count). The van der Waals surface area contributed by atoms with Crippen LogP contribution >= 0.6 is 0 Å². The number of nitrogens with one attached hydrogen (secondary N) is 2. The number of aryl methyl sites for hydroxylation is 2. The summed E-state index contributed by atoms with van der Waals surface area (Å²) >= 11 is 0. The topological polar surface area (TPSA) is 134 Å². The lowest BCUT2D eigenvalue weighted by molar-refractivity contribution is -0.137. The summed E-state index contributed by atoms with van der Waals surface area (Å²) < 4.78 is 32.2. The van der Waals surface area contributed by atoms with Gasteiger partial charge in [-0.15, -0.1) is 0 Å². The molecule has 2 aromatic heterocycles. The second-order valence-electron chi connectivity index (χ2n) is 19.4. The first-order chi connectivity index (χ1) is 32.4. The lowest BCUT2D eigenvalue weighted by Crippen LogP contribution is -2.52. The molecule has 0 radical (unpaired) electrons. The van der Waals surface area contributed by atoms with E-state index in [1.807, 2.05) is 52.9 Å². The molecule has 6 heterocycles. The van der Waals surface area contributed by atoms with Gasteiger partial charge in [0.25, 0.3) is 12.3 Å². The van der Waals surface area contributed by atoms with Crippen LogP contribution in [0.2, 0.25) is 0 Å². The molecule has 2 aromatic carbocycles. The fourth-order valence-electron chi connectivity index (χ4n) is 11.5. The summed E-state index contributed by atoms with van der Waals surface area (Å²) in [5.74, 6) is -0.370. The van der Waals surface area contributed by atoms with Gasteiger partial charge in [-0.25, -0.2) is 13.8 Å². The van der Waals surface area contributed by atoms with E-state index >= 15 is 8.78 Å². The second kappa shape index (κ2) is 19.8. The molecular formula is C53H64F2N8O4. The fraction of sp³-hybridized carbons (Fsp3) is 0.509. The third kappa shape index (κ3) is 9.69. The molecule has 1 aliphatic carbocycles. The average molecular weight is 915 g/mol. The van der Waals surface area contributed by atoms with E-state index < -0.39 is 18.4 Å². The van der Waals surface area contributed by atoms with Gasteiger partial charge in [0, 0.05) is 113 Å². The number of nitrogens with zero attached hydrogens (tertiary/aromatic N) is 6. The van der Waals surface area contributed by atoms with Crippen molar-refractivity contribution >= 4 is 40.7 Å². The van der Waals surface area contributed by atoms with E-state index in [9.17, 15) is 24.6 Å². The standard InChI is InChI=1S/C53H64F2N8O4/c1-4-6-7-36-26-44(43-29-49-57-17-19-62(49)30-35(43)5-2)45(51(54)55)27-38(36)28-47(56)46-32-61(33(3)64)18-16-37(46)24-34-8-10-40(11-9-34)59-20-22-60(23-21-59)41-12-13-42-39(25-41)31-63(53(42)67)48-14-15-50(65)58-52(48)66/h12-13,17,19,25-27,29-30,34,40,48,51,56H,4-11,14-16,18,20-24,28,31-32H2,1-3H3,(H,58,65,66). The van der Waals surface area contributed by atoms with E-state index in [0.29, 0.717) is 66.9 Å².